The number of hydrogen-bond donors (Lipinski definition) is 1. The summed E-state index contributed by atoms with van der Waals surface area (Å²) in [6, 6.07) is 4.82. The molecule has 3 aromatic rings. The third-order valence-electron chi connectivity index (χ3n) is 2.91. The molecule has 0 saturated heterocycles. The fourth-order valence-electron chi connectivity index (χ4n) is 1.95. The Labute approximate surface area is 120 Å². The molecule has 0 atom stereocenters. The topological polar surface area (TPSA) is 80.4 Å². The second kappa shape index (κ2) is 4.79. The van der Waals surface area contributed by atoms with Crippen LogP contribution in [0.2, 0.25) is 0 Å². The number of aromatic carboxylic acids is 1. The molecular formula is C13H7F3N4O2. The maximum atomic E-state index is 13.2. The van der Waals surface area contributed by atoms with Crippen LogP contribution in [-0.4, -0.2) is 30.7 Å². The van der Waals surface area contributed by atoms with Gasteiger partial charge in [-0.05, 0) is 18.2 Å². The molecule has 0 spiro atoms. The molecule has 0 saturated carbocycles. The van der Waals surface area contributed by atoms with Crippen molar-refractivity contribution in [3.8, 4) is 11.3 Å². The van der Waals surface area contributed by atoms with Crippen LogP contribution in [0.5, 0.6) is 0 Å². The van der Waals surface area contributed by atoms with Gasteiger partial charge in [-0.2, -0.15) is 18.3 Å². The molecule has 3 heterocycles. The van der Waals surface area contributed by atoms with Crippen molar-refractivity contribution in [2.45, 2.75) is 6.18 Å². The van der Waals surface area contributed by atoms with Gasteiger partial charge in [-0.1, -0.05) is 0 Å². The number of alkyl halides is 3. The Kier molecular flexibility index (Phi) is 3.05. The van der Waals surface area contributed by atoms with Crippen molar-refractivity contribution >= 4 is 11.6 Å². The largest absolute Gasteiger partial charge is 0.476 e. The van der Waals surface area contributed by atoms with Gasteiger partial charge in [-0.3, -0.25) is 4.98 Å². The summed E-state index contributed by atoms with van der Waals surface area (Å²) in [6.45, 7) is 0. The number of rotatable bonds is 2. The number of pyridine rings is 1. The van der Waals surface area contributed by atoms with Gasteiger partial charge in [0, 0.05) is 24.0 Å². The van der Waals surface area contributed by atoms with Crippen molar-refractivity contribution in [3.63, 3.8) is 0 Å². The molecule has 1 N–H and O–H groups in total. The van der Waals surface area contributed by atoms with Crippen molar-refractivity contribution in [1.29, 1.82) is 0 Å². The van der Waals surface area contributed by atoms with E-state index in [0.29, 0.717) is 10.1 Å². The van der Waals surface area contributed by atoms with Crippen LogP contribution in [0, 0.1) is 0 Å². The van der Waals surface area contributed by atoms with Crippen LogP contribution in [0.4, 0.5) is 13.2 Å². The fraction of sp³-hybridized carbons (Fsp3) is 0.0769. The van der Waals surface area contributed by atoms with E-state index in [2.05, 4.69) is 15.1 Å². The molecule has 0 aliphatic carbocycles. The predicted octanol–water partition coefficient (Wildman–Crippen LogP) is 2.51. The van der Waals surface area contributed by atoms with Crippen molar-refractivity contribution in [2.24, 2.45) is 0 Å². The van der Waals surface area contributed by atoms with Gasteiger partial charge in [0.25, 0.3) is 0 Å². The minimum absolute atomic E-state index is 0.0547. The second-order valence-electron chi connectivity index (χ2n) is 4.37. The highest BCUT2D eigenvalue weighted by atomic mass is 19.4. The van der Waals surface area contributed by atoms with E-state index in [1.54, 1.807) is 0 Å². The minimum atomic E-state index is -4.70. The van der Waals surface area contributed by atoms with Gasteiger partial charge < -0.3 is 5.11 Å². The summed E-state index contributed by atoms with van der Waals surface area (Å²) in [5, 5.41) is 12.3. The second-order valence-corrected chi connectivity index (χ2v) is 4.37. The van der Waals surface area contributed by atoms with E-state index in [1.807, 2.05) is 0 Å². The number of hydrogen-bond acceptors (Lipinski definition) is 4. The number of halogens is 3. The van der Waals surface area contributed by atoms with E-state index in [0.717, 1.165) is 12.1 Å². The van der Waals surface area contributed by atoms with E-state index in [4.69, 9.17) is 5.11 Å². The lowest BCUT2D eigenvalue weighted by molar-refractivity contribution is -0.142. The maximum Gasteiger partial charge on any atom is 0.433 e. The molecule has 3 rings (SSSR count). The molecular weight excluding hydrogens is 301 g/mol. The van der Waals surface area contributed by atoms with E-state index in [9.17, 15) is 18.0 Å². The molecule has 0 aliphatic heterocycles. The van der Waals surface area contributed by atoms with Crippen LogP contribution in [0.15, 0.2) is 36.7 Å². The lowest BCUT2D eigenvalue weighted by Crippen LogP contribution is -2.14. The van der Waals surface area contributed by atoms with Gasteiger partial charge in [0.2, 0.25) is 0 Å². The quantitative estimate of drug-likeness (QED) is 0.786. The van der Waals surface area contributed by atoms with Crippen molar-refractivity contribution in [1.82, 2.24) is 19.6 Å². The van der Waals surface area contributed by atoms with Gasteiger partial charge in [0.05, 0.1) is 5.69 Å². The highest BCUT2D eigenvalue weighted by Gasteiger charge is 2.35. The molecule has 9 heteroatoms. The highest BCUT2D eigenvalue weighted by Crippen LogP contribution is 2.32. The summed E-state index contributed by atoms with van der Waals surface area (Å²) in [7, 11) is 0. The standard InChI is InChI=1S/C13H7F3N4O2/c14-13(15,16)10-5-8(7-1-3-17-4-2-7)18-11-6-9(12(21)22)19-20(10)11/h1-6H,(H,21,22). The fourth-order valence-corrected chi connectivity index (χ4v) is 1.95. The van der Waals surface area contributed by atoms with Crippen molar-refractivity contribution < 1.29 is 23.1 Å². The lowest BCUT2D eigenvalue weighted by atomic mass is 10.1. The normalized spacial score (nSPS) is 11.8. The van der Waals surface area contributed by atoms with Crippen molar-refractivity contribution in [3.05, 3.63) is 48.0 Å². The molecule has 0 fully saturated rings. The third kappa shape index (κ3) is 2.36. The monoisotopic (exact) mass is 308 g/mol. The number of carboxylic acid groups (broad SMARTS) is 1. The zero-order valence-electron chi connectivity index (χ0n) is 10.7. The molecule has 22 heavy (non-hydrogen) atoms. The summed E-state index contributed by atoms with van der Waals surface area (Å²) < 4.78 is 40.0. The Balaban J connectivity index is 2.31. The van der Waals surface area contributed by atoms with Crippen LogP contribution in [0.1, 0.15) is 16.2 Å². The molecule has 3 aromatic heterocycles. The summed E-state index contributed by atoms with van der Waals surface area (Å²) in [5.74, 6) is -1.43. The molecule has 0 radical (unpaired) electrons. The van der Waals surface area contributed by atoms with Gasteiger partial charge in [-0.25, -0.2) is 14.3 Å². The zero-order valence-corrected chi connectivity index (χ0v) is 10.7. The first-order valence-electron chi connectivity index (χ1n) is 5.98. The molecule has 0 unspecified atom stereocenters. The van der Waals surface area contributed by atoms with Gasteiger partial charge in [0.15, 0.2) is 17.0 Å². The number of carboxylic acids is 1. The first-order chi connectivity index (χ1) is 10.4. The molecule has 0 aliphatic rings. The van der Waals surface area contributed by atoms with Crippen molar-refractivity contribution in [2.75, 3.05) is 0 Å². The van der Waals surface area contributed by atoms with Crippen LogP contribution in [0.25, 0.3) is 16.9 Å². The zero-order chi connectivity index (χ0) is 15.9. The number of aromatic nitrogens is 4. The van der Waals surface area contributed by atoms with E-state index in [-0.39, 0.29) is 11.3 Å². The lowest BCUT2D eigenvalue weighted by Gasteiger charge is -2.10. The Morgan fingerprint density at radius 2 is 1.86 bits per heavy atom. The Morgan fingerprint density at radius 3 is 2.45 bits per heavy atom. The van der Waals surface area contributed by atoms with Gasteiger partial charge >= 0.3 is 12.1 Å². The smallest absolute Gasteiger partial charge is 0.433 e. The number of carbonyl (C=O) groups is 1. The summed E-state index contributed by atoms with van der Waals surface area (Å²) >= 11 is 0. The van der Waals surface area contributed by atoms with Crippen LogP contribution < -0.4 is 0 Å². The van der Waals surface area contributed by atoms with Crippen LogP contribution in [-0.2, 0) is 6.18 Å². The summed E-state index contributed by atoms with van der Waals surface area (Å²) in [6.07, 6.45) is -1.86. The van der Waals surface area contributed by atoms with E-state index in [1.165, 1.54) is 24.5 Å². The van der Waals surface area contributed by atoms with Crippen LogP contribution >= 0.6 is 0 Å². The first-order valence-corrected chi connectivity index (χ1v) is 5.98. The SMILES string of the molecule is O=C(O)c1cc2nc(-c3ccncc3)cc(C(F)(F)F)n2n1. The van der Waals surface area contributed by atoms with Gasteiger partial charge in [-0.15, -0.1) is 0 Å². The first kappa shape index (κ1) is 14.0. The Hall–Kier alpha value is -2.97. The third-order valence-corrected chi connectivity index (χ3v) is 2.91. The molecule has 112 valence electrons. The van der Waals surface area contributed by atoms with E-state index < -0.39 is 23.5 Å². The average molecular weight is 308 g/mol. The average Bonchev–Trinajstić information content (AvgIpc) is 2.90. The molecule has 0 amide bonds. The maximum absolute atomic E-state index is 13.2. The molecule has 0 bridgehead atoms. The summed E-state index contributed by atoms with van der Waals surface area (Å²) in [4.78, 5) is 18.7. The Bertz CT molecular complexity index is 859. The summed E-state index contributed by atoms with van der Waals surface area (Å²) in [5.41, 5.74) is -1.32. The minimum Gasteiger partial charge on any atom is -0.476 e. The Morgan fingerprint density at radius 1 is 1.18 bits per heavy atom. The number of fused-ring (bicyclic) bond motifs is 1. The molecule has 0 aromatic carbocycles. The van der Waals surface area contributed by atoms with Gasteiger partial charge in [0.1, 0.15) is 0 Å². The van der Waals surface area contributed by atoms with Crippen LogP contribution in [0.3, 0.4) is 0 Å². The van der Waals surface area contributed by atoms with E-state index >= 15 is 0 Å². The predicted molar refractivity (Wildman–Crippen MR) is 68.2 cm³/mol. The number of nitrogens with zero attached hydrogens (tertiary/aromatic N) is 4. The molecule has 6 nitrogen and oxygen atoms in total. The highest BCUT2D eigenvalue weighted by molar-refractivity contribution is 5.86.